The second-order valence-corrected chi connectivity index (χ2v) is 8.09. The lowest BCUT2D eigenvalue weighted by atomic mass is 9.82. The van der Waals surface area contributed by atoms with Crippen LogP contribution in [0.15, 0.2) is 28.9 Å². The van der Waals surface area contributed by atoms with Gasteiger partial charge in [0.05, 0.1) is 5.69 Å². The van der Waals surface area contributed by atoms with Crippen molar-refractivity contribution in [1.29, 1.82) is 0 Å². The standard InChI is InChI=1S/C20H26N6O/c1-12(2)5-4-8-20(3)10-26(16-17(20)23-11-24-18(16)21)13-6-7-15-14(9-13)25-19(22)27-15/h6-7,9,11-12H,4-5,8,10H2,1-3H3,(H2,22,25)(H2,21,23,24). The fourth-order valence-electron chi connectivity index (χ4n) is 4.02. The van der Waals surface area contributed by atoms with Gasteiger partial charge in [0, 0.05) is 17.6 Å². The smallest absolute Gasteiger partial charge is 0.292 e. The second-order valence-electron chi connectivity index (χ2n) is 8.09. The molecule has 2 aromatic heterocycles. The molecule has 3 aromatic rings. The number of hydrogen-bond acceptors (Lipinski definition) is 7. The van der Waals surface area contributed by atoms with Gasteiger partial charge in [0.15, 0.2) is 11.4 Å². The number of anilines is 4. The molecule has 1 aliphatic heterocycles. The van der Waals surface area contributed by atoms with Gasteiger partial charge in [-0.3, -0.25) is 0 Å². The van der Waals surface area contributed by atoms with E-state index in [0.29, 0.717) is 17.3 Å². The Bertz CT molecular complexity index is 982. The molecular weight excluding hydrogens is 340 g/mol. The number of oxazole rings is 1. The maximum Gasteiger partial charge on any atom is 0.292 e. The van der Waals surface area contributed by atoms with Gasteiger partial charge >= 0.3 is 0 Å². The average molecular weight is 366 g/mol. The van der Waals surface area contributed by atoms with Crippen molar-refractivity contribution >= 4 is 34.3 Å². The lowest BCUT2D eigenvalue weighted by molar-refractivity contribution is 0.409. The minimum Gasteiger partial charge on any atom is -0.424 e. The summed E-state index contributed by atoms with van der Waals surface area (Å²) in [6.07, 6.45) is 4.99. The van der Waals surface area contributed by atoms with Crippen LogP contribution < -0.4 is 16.4 Å². The molecule has 1 aliphatic rings. The maximum absolute atomic E-state index is 6.27. The van der Waals surface area contributed by atoms with Crippen molar-refractivity contribution in [2.45, 2.75) is 45.4 Å². The van der Waals surface area contributed by atoms with Crippen molar-refractivity contribution in [2.24, 2.45) is 5.92 Å². The van der Waals surface area contributed by atoms with E-state index in [-0.39, 0.29) is 11.4 Å². The predicted octanol–water partition coefficient (Wildman–Crippen LogP) is 4.02. The third-order valence-corrected chi connectivity index (χ3v) is 5.41. The van der Waals surface area contributed by atoms with E-state index in [1.165, 1.54) is 6.42 Å². The van der Waals surface area contributed by atoms with Crippen LogP contribution in [0.4, 0.5) is 23.2 Å². The molecule has 0 fully saturated rings. The number of fused-ring (bicyclic) bond motifs is 2. The summed E-state index contributed by atoms with van der Waals surface area (Å²) < 4.78 is 5.39. The molecule has 0 bridgehead atoms. The highest BCUT2D eigenvalue weighted by molar-refractivity contribution is 5.85. The van der Waals surface area contributed by atoms with Crippen molar-refractivity contribution in [3.8, 4) is 0 Å². The summed E-state index contributed by atoms with van der Waals surface area (Å²) in [7, 11) is 0. The average Bonchev–Trinajstić information content (AvgIpc) is 3.12. The number of hydrogen-bond donors (Lipinski definition) is 2. The molecule has 4 N–H and O–H groups in total. The number of benzene rings is 1. The summed E-state index contributed by atoms with van der Waals surface area (Å²) in [6.45, 7) is 7.60. The van der Waals surface area contributed by atoms with Crippen molar-refractivity contribution in [1.82, 2.24) is 15.0 Å². The Balaban J connectivity index is 1.73. The molecule has 142 valence electrons. The van der Waals surface area contributed by atoms with Crippen LogP contribution in [0.3, 0.4) is 0 Å². The van der Waals surface area contributed by atoms with Gasteiger partial charge in [-0.1, -0.05) is 33.6 Å². The number of nitrogens with zero attached hydrogens (tertiary/aromatic N) is 4. The van der Waals surface area contributed by atoms with Crippen LogP contribution in [0, 0.1) is 5.92 Å². The Morgan fingerprint density at radius 2 is 2.07 bits per heavy atom. The van der Waals surface area contributed by atoms with Gasteiger partial charge in [0.25, 0.3) is 6.01 Å². The van der Waals surface area contributed by atoms with E-state index in [4.69, 9.17) is 15.9 Å². The van der Waals surface area contributed by atoms with Gasteiger partial charge in [0.1, 0.15) is 17.5 Å². The van der Waals surface area contributed by atoms with E-state index in [1.54, 1.807) is 6.33 Å². The van der Waals surface area contributed by atoms with E-state index >= 15 is 0 Å². The zero-order valence-corrected chi connectivity index (χ0v) is 16.1. The van der Waals surface area contributed by atoms with Crippen LogP contribution in [-0.2, 0) is 5.41 Å². The first-order valence-electron chi connectivity index (χ1n) is 9.42. The Morgan fingerprint density at radius 3 is 2.85 bits per heavy atom. The van der Waals surface area contributed by atoms with Crippen molar-refractivity contribution in [3.05, 3.63) is 30.2 Å². The van der Waals surface area contributed by atoms with Crippen LogP contribution in [-0.4, -0.2) is 21.5 Å². The van der Waals surface area contributed by atoms with Crippen LogP contribution >= 0.6 is 0 Å². The van der Waals surface area contributed by atoms with Gasteiger partial charge in [-0.05, 0) is 30.5 Å². The highest BCUT2D eigenvalue weighted by Gasteiger charge is 2.42. The summed E-state index contributed by atoms with van der Waals surface area (Å²) in [5.41, 5.74) is 16.2. The fourth-order valence-corrected chi connectivity index (χ4v) is 4.02. The molecule has 3 heterocycles. The van der Waals surface area contributed by atoms with Crippen molar-refractivity contribution in [3.63, 3.8) is 0 Å². The topological polar surface area (TPSA) is 107 Å². The number of rotatable bonds is 5. The van der Waals surface area contributed by atoms with Gasteiger partial charge in [0.2, 0.25) is 0 Å². The third-order valence-electron chi connectivity index (χ3n) is 5.41. The SMILES string of the molecule is CC(C)CCCC1(C)CN(c2ccc3oc(N)nc3c2)c2c(N)ncnc21. The quantitative estimate of drug-likeness (QED) is 0.702. The molecule has 27 heavy (non-hydrogen) atoms. The van der Waals surface area contributed by atoms with Crippen molar-refractivity contribution < 1.29 is 4.42 Å². The summed E-state index contributed by atoms with van der Waals surface area (Å²) in [4.78, 5) is 15.3. The highest BCUT2D eigenvalue weighted by atomic mass is 16.4. The molecule has 0 aliphatic carbocycles. The van der Waals surface area contributed by atoms with Gasteiger partial charge in [-0.15, -0.1) is 0 Å². The first-order chi connectivity index (χ1) is 12.9. The van der Waals surface area contributed by atoms with Gasteiger partial charge < -0.3 is 20.8 Å². The molecule has 7 nitrogen and oxygen atoms in total. The number of nitrogens with two attached hydrogens (primary N) is 2. The molecular formula is C20H26N6O. The third kappa shape index (κ3) is 3.07. The molecule has 0 saturated carbocycles. The fraction of sp³-hybridized carbons (Fsp3) is 0.450. The molecule has 0 amide bonds. The Hall–Kier alpha value is -2.83. The molecule has 1 aromatic carbocycles. The number of nitrogen functional groups attached to an aromatic ring is 2. The molecule has 0 spiro atoms. The highest BCUT2D eigenvalue weighted by Crippen LogP contribution is 2.48. The molecule has 7 heteroatoms. The van der Waals surface area contributed by atoms with E-state index in [1.807, 2.05) is 18.2 Å². The molecule has 4 rings (SSSR count). The summed E-state index contributed by atoms with van der Waals surface area (Å²) >= 11 is 0. The molecule has 0 radical (unpaired) electrons. The van der Waals surface area contributed by atoms with E-state index < -0.39 is 0 Å². The minimum absolute atomic E-state index is 0.0703. The van der Waals surface area contributed by atoms with Gasteiger partial charge in [-0.2, -0.15) is 4.98 Å². The zero-order chi connectivity index (χ0) is 19.2. The predicted molar refractivity (Wildman–Crippen MR) is 108 cm³/mol. The monoisotopic (exact) mass is 366 g/mol. The normalized spacial score (nSPS) is 19.2. The summed E-state index contributed by atoms with van der Waals surface area (Å²) in [5.74, 6) is 1.20. The molecule has 1 atom stereocenters. The first-order valence-corrected chi connectivity index (χ1v) is 9.42. The van der Waals surface area contributed by atoms with Crippen LogP contribution in [0.1, 0.15) is 45.7 Å². The van der Waals surface area contributed by atoms with Crippen molar-refractivity contribution in [2.75, 3.05) is 22.9 Å². The summed E-state index contributed by atoms with van der Waals surface area (Å²) in [5, 5.41) is 0. The Morgan fingerprint density at radius 1 is 1.26 bits per heavy atom. The Labute approximate surface area is 158 Å². The zero-order valence-electron chi connectivity index (χ0n) is 16.1. The Kier molecular flexibility index (Phi) is 4.17. The molecule has 1 unspecified atom stereocenters. The van der Waals surface area contributed by atoms with E-state index in [9.17, 15) is 0 Å². The summed E-state index contributed by atoms with van der Waals surface area (Å²) in [6, 6.07) is 6.04. The van der Waals surface area contributed by atoms with Crippen LogP contribution in [0.25, 0.3) is 11.1 Å². The van der Waals surface area contributed by atoms with Crippen LogP contribution in [0.2, 0.25) is 0 Å². The lowest BCUT2D eigenvalue weighted by Gasteiger charge is -2.26. The van der Waals surface area contributed by atoms with Crippen LogP contribution in [0.5, 0.6) is 0 Å². The first kappa shape index (κ1) is 17.6. The van der Waals surface area contributed by atoms with E-state index in [0.717, 1.165) is 42.0 Å². The maximum atomic E-state index is 6.27. The number of aromatic nitrogens is 3. The lowest BCUT2D eigenvalue weighted by Crippen LogP contribution is -2.29. The van der Waals surface area contributed by atoms with Gasteiger partial charge in [-0.25, -0.2) is 9.97 Å². The minimum atomic E-state index is -0.0703. The largest absolute Gasteiger partial charge is 0.424 e. The van der Waals surface area contributed by atoms with E-state index in [2.05, 4.69) is 40.6 Å². The molecule has 0 saturated heterocycles. The second kappa shape index (κ2) is 6.40.